The minimum absolute atomic E-state index is 0.0703. The number of halogens is 2. The van der Waals surface area contributed by atoms with Gasteiger partial charge < -0.3 is 4.74 Å². The first-order valence-corrected chi connectivity index (χ1v) is 9.87. The summed E-state index contributed by atoms with van der Waals surface area (Å²) in [6, 6.07) is 11.0. The topological polar surface area (TPSA) is 9.23 Å². The molecule has 0 heterocycles. The van der Waals surface area contributed by atoms with Gasteiger partial charge in [0.15, 0.2) is 11.6 Å². The fourth-order valence-corrected chi connectivity index (χ4v) is 4.13. The summed E-state index contributed by atoms with van der Waals surface area (Å²) in [5, 5.41) is 0. The molecule has 0 saturated heterocycles. The molecule has 0 amide bonds. The number of hydrogen-bond acceptors (Lipinski definition) is 1. The van der Waals surface area contributed by atoms with Crippen LogP contribution in [-0.4, -0.2) is 7.11 Å². The molecular weight excluding hydrogens is 342 g/mol. The Labute approximate surface area is 161 Å². The molecule has 1 saturated carbocycles. The average molecular weight is 370 g/mol. The lowest BCUT2D eigenvalue weighted by molar-refractivity contribution is 0.312. The molecule has 0 unspecified atom stereocenters. The molecule has 2 aromatic carbocycles. The van der Waals surface area contributed by atoms with Crippen LogP contribution in [0.25, 0.3) is 11.1 Å². The second-order valence-electron chi connectivity index (χ2n) is 7.43. The maximum Gasteiger partial charge on any atom is 0.201 e. The molecule has 27 heavy (non-hydrogen) atoms. The van der Waals surface area contributed by atoms with Crippen molar-refractivity contribution in [3.63, 3.8) is 0 Å². The molecule has 0 radical (unpaired) electrons. The molecule has 0 N–H and O–H groups in total. The Morgan fingerprint density at radius 2 is 1.67 bits per heavy atom. The highest BCUT2D eigenvalue weighted by atomic mass is 19.2. The Bertz CT molecular complexity index is 772. The Morgan fingerprint density at radius 1 is 0.963 bits per heavy atom. The Kier molecular flexibility index (Phi) is 6.65. The molecule has 1 aliphatic carbocycles. The molecular formula is C24H28F2O. The maximum absolute atomic E-state index is 14.3. The van der Waals surface area contributed by atoms with Crippen LogP contribution in [-0.2, 0) is 0 Å². The maximum atomic E-state index is 14.3. The van der Waals surface area contributed by atoms with E-state index in [2.05, 4.69) is 31.2 Å². The van der Waals surface area contributed by atoms with Gasteiger partial charge in [0.25, 0.3) is 0 Å². The van der Waals surface area contributed by atoms with E-state index in [1.165, 1.54) is 57.3 Å². The average Bonchev–Trinajstić information content (AvgIpc) is 2.71. The summed E-state index contributed by atoms with van der Waals surface area (Å²) in [4.78, 5) is 0. The van der Waals surface area contributed by atoms with Crippen molar-refractivity contribution in [1.82, 2.24) is 0 Å². The van der Waals surface area contributed by atoms with Gasteiger partial charge in [-0.15, -0.1) is 0 Å². The van der Waals surface area contributed by atoms with Gasteiger partial charge in [-0.3, -0.25) is 0 Å². The molecule has 1 nitrogen and oxygen atoms in total. The monoisotopic (exact) mass is 370 g/mol. The molecule has 0 atom stereocenters. The van der Waals surface area contributed by atoms with Gasteiger partial charge in [-0.25, -0.2) is 4.39 Å². The summed E-state index contributed by atoms with van der Waals surface area (Å²) >= 11 is 0. The largest absolute Gasteiger partial charge is 0.494 e. The van der Waals surface area contributed by atoms with E-state index in [4.69, 9.17) is 4.74 Å². The van der Waals surface area contributed by atoms with Gasteiger partial charge >= 0.3 is 0 Å². The van der Waals surface area contributed by atoms with Crippen LogP contribution in [0.15, 0.2) is 48.6 Å². The third-order valence-electron chi connectivity index (χ3n) is 5.78. The minimum atomic E-state index is -0.935. The summed E-state index contributed by atoms with van der Waals surface area (Å²) in [6.45, 7) is 2.08. The quantitative estimate of drug-likeness (QED) is 0.486. The molecule has 144 valence electrons. The molecule has 3 rings (SSSR count). The van der Waals surface area contributed by atoms with Crippen molar-refractivity contribution in [2.45, 2.75) is 51.4 Å². The molecule has 0 spiro atoms. The van der Waals surface area contributed by atoms with Crippen molar-refractivity contribution in [2.24, 2.45) is 5.92 Å². The van der Waals surface area contributed by atoms with Crippen molar-refractivity contribution in [3.8, 4) is 16.9 Å². The first-order valence-electron chi connectivity index (χ1n) is 9.87. The van der Waals surface area contributed by atoms with Crippen LogP contribution in [0, 0.1) is 17.6 Å². The summed E-state index contributed by atoms with van der Waals surface area (Å²) in [5.74, 6) is -0.444. The first-order chi connectivity index (χ1) is 13.1. The molecule has 1 aliphatic rings. The normalized spacial score (nSPS) is 20.1. The third-order valence-corrected chi connectivity index (χ3v) is 5.78. The van der Waals surface area contributed by atoms with E-state index in [1.54, 1.807) is 6.07 Å². The van der Waals surface area contributed by atoms with Crippen LogP contribution in [0.3, 0.4) is 0 Å². The fourth-order valence-electron chi connectivity index (χ4n) is 4.13. The lowest BCUT2D eigenvalue weighted by Gasteiger charge is -2.28. The van der Waals surface area contributed by atoms with Crippen molar-refractivity contribution in [3.05, 3.63) is 65.7 Å². The van der Waals surface area contributed by atoms with E-state index in [9.17, 15) is 8.78 Å². The smallest absolute Gasteiger partial charge is 0.201 e. The number of ether oxygens (including phenoxy) is 1. The fraction of sp³-hybridized carbons (Fsp3) is 0.417. The molecule has 0 aromatic heterocycles. The molecule has 2 aromatic rings. The first kappa shape index (κ1) is 19.6. The SMILES string of the molecule is C/C=C/CCC1CCC(c2ccc(-c3ccc(OC)c(F)c3F)cc2)CC1. The van der Waals surface area contributed by atoms with Gasteiger partial charge in [0.1, 0.15) is 0 Å². The van der Waals surface area contributed by atoms with Crippen LogP contribution in [0.2, 0.25) is 0 Å². The number of rotatable bonds is 6. The second-order valence-corrected chi connectivity index (χ2v) is 7.43. The summed E-state index contributed by atoms with van der Waals surface area (Å²) < 4.78 is 33.1. The highest BCUT2D eigenvalue weighted by Crippen LogP contribution is 2.38. The Hall–Kier alpha value is -2.16. The van der Waals surface area contributed by atoms with Crippen molar-refractivity contribution >= 4 is 0 Å². The highest BCUT2D eigenvalue weighted by Gasteiger charge is 2.22. The van der Waals surface area contributed by atoms with Gasteiger partial charge in [-0.2, -0.15) is 4.39 Å². The molecule has 0 bridgehead atoms. The van der Waals surface area contributed by atoms with E-state index in [1.807, 2.05) is 12.1 Å². The zero-order chi connectivity index (χ0) is 19.2. The molecule has 0 aliphatic heterocycles. The number of hydrogen-bond donors (Lipinski definition) is 0. The summed E-state index contributed by atoms with van der Waals surface area (Å²) in [7, 11) is 1.33. The molecule has 3 heteroatoms. The Balaban J connectivity index is 1.66. The third kappa shape index (κ3) is 4.58. The highest BCUT2D eigenvalue weighted by molar-refractivity contribution is 5.65. The standard InChI is InChI=1S/C24H28F2O/c1-3-4-5-6-17-7-9-18(10-8-17)19-11-13-20(14-12-19)21-15-16-22(27-2)24(26)23(21)25/h3-4,11-18H,5-10H2,1-2H3/b4-3+. The predicted octanol–water partition coefficient (Wildman–Crippen LogP) is 7.27. The minimum Gasteiger partial charge on any atom is -0.494 e. The van der Waals surface area contributed by atoms with Crippen molar-refractivity contribution in [1.29, 1.82) is 0 Å². The second kappa shape index (κ2) is 9.16. The Morgan fingerprint density at radius 3 is 2.30 bits per heavy atom. The predicted molar refractivity (Wildman–Crippen MR) is 107 cm³/mol. The number of allylic oxidation sites excluding steroid dienone is 2. The van der Waals surface area contributed by atoms with Crippen LogP contribution in [0.4, 0.5) is 8.78 Å². The number of methoxy groups -OCH3 is 1. The van der Waals surface area contributed by atoms with Crippen LogP contribution >= 0.6 is 0 Å². The zero-order valence-corrected chi connectivity index (χ0v) is 16.2. The van der Waals surface area contributed by atoms with Crippen molar-refractivity contribution in [2.75, 3.05) is 7.11 Å². The van der Waals surface area contributed by atoms with Gasteiger partial charge in [0.05, 0.1) is 7.11 Å². The van der Waals surface area contributed by atoms with E-state index >= 15 is 0 Å². The van der Waals surface area contributed by atoms with Gasteiger partial charge in [-0.1, -0.05) is 36.4 Å². The lowest BCUT2D eigenvalue weighted by atomic mass is 9.77. The van der Waals surface area contributed by atoms with Gasteiger partial charge in [0.2, 0.25) is 5.82 Å². The van der Waals surface area contributed by atoms with Gasteiger partial charge in [0, 0.05) is 5.56 Å². The van der Waals surface area contributed by atoms with Crippen LogP contribution < -0.4 is 4.74 Å². The van der Waals surface area contributed by atoms with E-state index in [0.29, 0.717) is 11.5 Å². The summed E-state index contributed by atoms with van der Waals surface area (Å²) in [6.07, 6.45) is 11.8. The zero-order valence-electron chi connectivity index (χ0n) is 16.2. The van der Waals surface area contributed by atoms with Gasteiger partial charge in [-0.05, 0) is 80.5 Å². The van der Waals surface area contributed by atoms with Crippen LogP contribution in [0.5, 0.6) is 5.75 Å². The molecule has 1 fully saturated rings. The summed E-state index contributed by atoms with van der Waals surface area (Å²) in [5.41, 5.74) is 2.27. The van der Waals surface area contributed by atoms with E-state index < -0.39 is 11.6 Å². The number of benzene rings is 2. The van der Waals surface area contributed by atoms with E-state index in [-0.39, 0.29) is 11.3 Å². The van der Waals surface area contributed by atoms with Crippen LogP contribution in [0.1, 0.15) is 56.9 Å². The lowest BCUT2D eigenvalue weighted by Crippen LogP contribution is -2.13. The van der Waals surface area contributed by atoms with Crippen molar-refractivity contribution < 1.29 is 13.5 Å². The van der Waals surface area contributed by atoms with E-state index in [0.717, 1.165) is 5.92 Å².